The molecule has 1 saturated carbocycles. The molecule has 1 aliphatic carbocycles. The molecule has 6 heteroatoms. The molecular formula is C23H31NO5. The van der Waals surface area contributed by atoms with Gasteiger partial charge in [0.05, 0.1) is 31.5 Å². The van der Waals surface area contributed by atoms with Gasteiger partial charge in [-0.1, -0.05) is 42.5 Å². The van der Waals surface area contributed by atoms with Crippen LogP contribution in [0.4, 0.5) is 0 Å². The molecule has 2 fully saturated rings. The van der Waals surface area contributed by atoms with E-state index in [0.717, 1.165) is 31.5 Å². The smallest absolute Gasteiger partial charge is 0.303 e. The van der Waals surface area contributed by atoms with E-state index in [4.69, 9.17) is 14.6 Å². The van der Waals surface area contributed by atoms with Gasteiger partial charge in [0.25, 0.3) is 0 Å². The van der Waals surface area contributed by atoms with E-state index in [2.05, 4.69) is 11.0 Å². The van der Waals surface area contributed by atoms with Gasteiger partial charge in [-0.05, 0) is 24.8 Å². The zero-order valence-corrected chi connectivity index (χ0v) is 16.9. The van der Waals surface area contributed by atoms with Crippen molar-refractivity contribution in [1.29, 1.82) is 0 Å². The molecule has 0 unspecified atom stereocenters. The molecule has 29 heavy (non-hydrogen) atoms. The summed E-state index contributed by atoms with van der Waals surface area (Å²) in [5.41, 5.74) is 0.755. The zero-order valence-electron chi connectivity index (χ0n) is 16.9. The Bertz CT molecular complexity index is 698. The van der Waals surface area contributed by atoms with Crippen molar-refractivity contribution in [2.75, 3.05) is 26.3 Å². The first-order valence-corrected chi connectivity index (χ1v) is 10.5. The number of benzene rings is 1. The highest BCUT2D eigenvalue weighted by atomic mass is 16.5. The summed E-state index contributed by atoms with van der Waals surface area (Å²) in [7, 11) is 0. The van der Waals surface area contributed by atoms with Gasteiger partial charge < -0.3 is 14.6 Å². The highest BCUT2D eigenvalue weighted by molar-refractivity contribution is 5.83. The Balaban J connectivity index is 1.70. The summed E-state index contributed by atoms with van der Waals surface area (Å²) in [6, 6.07) is 10.0. The van der Waals surface area contributed by atoms with Crippen molar-refractivity contribution in [2.45, 2.75) is 56.8 Å². The number of hydrogen-bond acceptors (Lipinski definition) is 5. The molecule has 158 valence electrons. The van der Waals surface area contributed by atoms with Gasteiger partial charge in [0.15, 0.2) is 0 Å². The molecule has 2 aliphatic rings. The first-order valence-electron chi connectivity index (χ1n) is 10.5. The van der Waals surface area contributed by atoms with Gasteiger partial charge in [-0.15, -0.1) is 0 Å². The fraction of sp³-hybridized carbons (Fsp3) is 0.565. The first kappa shape index (κ1) is 21.7. The molecular weight excluding hydrogens is 370 g/mol. The van der Waals surface area contributed by atoms with E-state index in [9.17, 15) is 9.59 Å². The summed E-state index contributed by atoms with van der Waals surface area (Å²) < 4.78 is 11.9. The van der Waals surface area contributed by atoms with Crippen molar-refractivity contribution in [2.24, 2.45) is 0 Å². The summed E-state index contributed by atoms with van der Waals surface area (Å²) in [4.78, 5) is 25.5. The van der Waals surface area contributed by atoms with Gasteiger partial charge in [-0.3, -0.25) is 14.5 Å². The number of carbonyl (C=O) groups excluding carboxylic acids is 1. The van der Waals surface area contributed by atoms with Gasteiger partial charge in [-0.25, -0.2) is 0 Å². The van der Waals surface area contributed by atoms with Crippen molar-refractivity contribution in [3.8, 4) is 0 Å². The van der Waals surface area contributed by atoms with Crippen LogP contribution in [0.3, 0.4) is 0 Å². The number of carboxylic acid groups (broad SMARTS) is 1. The second-order valence-electron chi connectivity index (χ2n) is 7.87. The molecule has 0 spiro atoms. The van der Waals surface area contributed by atoms with Crippen LogP contribution >= 0.6 is 0 Å². The third kappa shape index (κ3) is 5.98. The third-order valence-corrected chi connectivity index (χ3v) is 5.85. The Morgan fingerprint density at radius 1 is 1.24 bits per heavy atom. The van der Waals surface area contributed by atoms with Crippen LogP contribution in [0.25, 0.3) is 0 Å². The van der Waals surface area contributed by atoms with Crippen molar-refractivity contribution in [1.82, 2.24) is 4.90 Å². The number of Topliss-reactive ketones (excluding diaryl/α,β-unsaturated/α-hetero) is 1. The number of rotatable bonds is 10. The van der Waals surface area contributed by atoms with E-state index in [1.165, 1.54) is 0 Å². The quantitative estimate of drug-likeness (QED) is 0.479. The van der Waals surface area contributed by atoms with E-state index in [0.29, 0.717) is 39.1 Å². The topological polar surface area (TPSA) is 76.1 Å². The van der Waals surface area contributed by atoms with Crippen molar-refractivity contribution in [3.05, 3.63) is 48.0 Å². The predicted octanol–water partition coefficient (Wildman–Crippen LogP) is 3.21. The van der Waals surface area contributed by atoms with Gasteiger partial charge in [0.1, 0.15) is 5.78 Å². The fourth-order valence-corrected chi connectivity index (χ4v) is 4.34. The zero-order chi connectivity index (χ0) is 20.5. The van der Waals surface area contributed by atoms with Crippen molar-refractivity contribution >= 4 is 11.8 Å². The van der Waals surface area contributed by atoms with Crippen LogP contribution in [0.2, 0.25) is 0 Å². The lowest BCUT2D eigenvalue weighted by Gasteiger charge is -2.46. The predicted molar refractivity (Wildman–Crippen MR) is 110 cm³/mol. The SMILES string of the molecule is O=C(O)CCC/C=C\C[C@@]1(N2CCOCC2)CC(=O)C[C@H]1OCc1ccccc1. The number of hydrogen-bond donors (Lipinski definition) is 1. The number of carbonyl (C=O) groups is 2. The molecule has 0 radical (unpaired) electrons. The average Bonchev–Trinajstić information content (AvgIpc) is 3.06. The minimum atomic E-state index is -0.765. The highest BCUT2D eigenvalue weighted by Crippen LogP contribution is 2.40. The van der Waals surface area contributed by atoms with Crippen LogP contribution in [0.5, 0.6) is 0 Å². The maximum atomic E-state index is 12.5. The van der Waals surface area contributed by atoms with E-state index in [-0.39, 0.29) is 23.8 Å². The Morgan fingerprint density at radius 3 is 2.72 bits per heavy atom. The lowest BCUT2D eigenvalue weighted by atomic mass is 9.87. The highest BCUT2D eigenvalue weighted by Gasteiger charge is 2.51. The van der Waals surface area contributed by atoms with Crippen LogP contribution in [0, 0.1) is 0 Å². The molecule has 2 atom stereocenters. The Hall–Kier alpha value is -2.02. The maximum Gasteiger partial charge on any atom is 0.303 e. The molecule has 1 saturated heterocycles. The monoisotopic (exact) mass is 401 g/mol. The molecule has 6 nitrogen and oxygen atoms in total. The molecule has 1 aromatic carbocycles. The fourth-order valence-electron chi connectivity index (χ4n) is 4.34. The third-order valence-electron chi connectivity index (χ3n) is 5.85. The molecule has 3 rings (SSSR count). The lowest BCUT2D eigenvalue weighted by Crippen LogP contribution is -2.58. The van der Waals surface area contributed by atoms with E-state index in [1.54, 1.807) is 0 Å². The number of aliphatic carboxylic acids is 1. The van der Waals surface area contributed by atoms with E-state index < -0.39 is 5.97 Å². The average molecular weight is 402 g/mol. The summed E-state index contributed by atoms with van der Waals surface area (Å²) in [5.74, 6) is -0.521. The minimum absolute atomic E-state index is 0.156. The summed E-state index contributed by atoms with van der Waals surface area (Å²) in [6.07, 6.45) is 7.20. The Labute approximate surface area is 172 Å². The van der Waals surface area contributed by atoms with Gasteiger partial charge in [-0.2, -0.15) is 0 Å². The minimum Gasteiger partial charge on any atom is -0.481 e. The van der Waals surface area contributed by atoms with Crippen LogP contribution in [0.15, 0.2) is 42.5 Å². The van der Waals surface area contributed by atoms with Gasteiger partial charge in [0.2, 0.25) is 0 Å². The molecule has 1 N–H and O–H groups in total. The summed E-state index contributed by atoms with van der Waals surface area (Å²) in [5, 5.41) is 8.77. The van der Waals surface area contributed by atoms with Crippen LogP contribution in [-0.4, -0.2) is 59.7 Å². The number of nitrogens with zero attached hydrogens (tertiary/aromatic N) is 1. The van der Waals surface area contributed by atoms with Gasteiger partial charge in [0, 0.05) is 32.4 Å². The van der Waals surface area contributed by atoms with Crippen LogP contribution < -0.4 is 0 Å². The molecule has 0 aromatic heterocycles. The lowest BCUT2D eigenvalue weighted by molar-refractivity contribution is -0.137. The van der Waals surface area contributed by atoms with Crippen LogP contribution in [-0.2, 0) is 25.7 Å². The normalized spacial score (nSPS) is 25.7. The van der Waals surface area contributed by atoms with Crippen LogP contribution in [0.1, 0.15) is 44.1 Å². The largest absolute Gasteiger partial charge is 0.481 e. The van der Waals surface area contributed by atoms with E-state index in [1.807, 2.05) is 36.4 Å². The second kappa shape index (κ2) is 10.7. The van der Waals surface area contributed by atoms with E-state index >= 15 is 0 Å². The van der Waals surface area contributed by atoms with Crippen molar-refractivity contribution in [3.63, 3.8) is 0 Å². The molecule has 1 aliphatic heterocycles. The standard InChI is InChI=1S/C23H31NO5/c25-20-16-21(29-18-19-8-4-3-5-9-19)23(17-20,24-12-14-28-15-13-24)11-7-2-1-6-10-22(26)27/h2-5,7-9,21H,1,6,10-18H2,(H,26,27)/b7-2-/t21-,23-/m1/s1. The second-order valence-corrected chi connectivity index (χ2v) is 7.87. The van der Waals surface area contributed by atoms with Gasteiger partial charge >= 0.3 is 5.97 Å². The maximum absolute atomic E-state index is 12.5. The number of carboxylic acids is 1. The molecule has 0 amide bonds. The first-order chi connectivity index (χ1) is 14.1. The number of ether oxygens (including phenoxy) is 2. The number of unbranched alkanes of at least 4 members (excludes halogenated alkanes) is 1. The Kier molecular flexibility index (Phi) is 7.98. The molecule has 1 heterocycles. The Morgan fingerprint density at radius 2 is 2.00 bits per heavy atom. The number of ketones is 1. The number of morpholine rings is 1. The molecule has 1 aromatic rings. The van der Waals surface area contributed by atoms with Crippen molar-refractivity contribution < 1.29 is 24.2 Å². The summed E-state index contributed by atoms with van der Waals surface area (Å²) >= 11 is 0. The molecule has 0 bridgehead atoms. The number of allylic oxidation sites excluding steroid dienone is 1. The summed E-state index contributed by atoms with van der Waals surface area (Å²) in [6.45, 7) is 3.43.